The number of hydrogen-bond donors (Lipinski definition) is 2. The van der Waals surface area contributed by atoms with Crippen LogP contribution in [0.15, 0.2) is 35.8 Å². The highest BCUT2D eigenvalue weighted by molar-refractivity contribution is 5.88. The maximum absolute atomic E-state index is 10.8. The van der Waals surface area contributed by atoms with Gasteiger partial charge in [-0.05, 0) is 27.1 Å². The number of hydrogen-bond acceptors (Lipinski definition) is 4. The summed E-state index contributed by atoms with van der Waals surface area (Å²) in [5, 5.41) is 2.90. The number of rotatable bonds is 7. The van der Waals surface area contributed by atoms with Gasteiger partial charge in [0.05, 0.1) is 12.2 Å². The molecule has 0 fully saturated rings. The molecule has 1 rings (SSSR count). The zero-order valence-electron chi connectivity index (χ0n) is 12.3. The first-order valence-electron chi connectivity index (χ1n) is 6.39. The first-order chi connectivity index (χ1) is 9.40. The van der Waals surface area contributed by atoms with Crippen molar-refractivity contribution in [1.82, 2.24) is 10.2 Å². The number of aliphatic imine (C=N–C) groups is 1. The summed E-state index contributed by atoms with van der Waals surface area (Å²) in [6.07, 6.45) is 0. The topological polar surface area (TPSA) is 70.7 Å². The van der Waals surface area contributed by atoms with Gasteiger partial charge in [-0.15, -0.1) is 0 Å². The van der Waals surface area contributed by atoms with Gasteiger partial charge >= 0.3 is 0 Å². The summed E-state index contributed by atoms with van der Waals surface area (Å²) in [4.78, 5) is 17.5. The van der Waals surface area contributed by atoms with Crippen LogP contribution in [0, 0.1) is 0 Å². The summed E-state index contributed by atoms with van der Waals surface area (Å²) in [5.41, 5.74) is 8.46. The largest absolute Gasteiger partial charge is 0.376 e. The SMILES string of the molecule is C=C(NCC(N)=O)c1ccccc1N=C(C)CN(C)C. The third-order valence-electron chi connectivity index (χ3n) is 2.56. The molecule has 20 heavy (non-hydrogen) atoms. The number of carbonyl (C=O) groups is 1. The smallest absolute Gasteiger partial charge is 0.236 e. The second-order valence-corrected chi connectivity index (χ2v) is 4.90. The van der Waals surface area contributed by atoms with E-state index in [0.29, 0.717) is 5.70 Å². The Labute approximate surface area is 120 Å². The third-order valence-corrected chi connectivity index (χ3v) is 2.56. The van der Waals surface area contributed by atoms with Gasteiger partial charge in [-0.2, -0.15) is 0 Å². The van der Waals surface area contributed by atoms with Gasteiger partial charge in [0.25, 0.3) is 0 Å². The summed E-state index contributed by atoms with van der Waals surface area (Å²) < 4.78 is 0. The van der Waals surface area contributed by atoms with Crippen molar-refractivity contribution in [1.29, 1.82) is 0 Å². The van der Waals surface area contributed by atoms with E-state index in [1.54, 1.807) is 0 Å². The first-order valence-corrected chi connectivity index (χ1v) is 6.39. The summed E-state index contributed by atoms with van der Waals surface area (Å²) in [6, 6.07) is 7.67. The average molecular weight is 274 g/mol. The van der Waals surface area contributed by atoms with E-state index in [4.69, 9.17) is 5.73 Å². The van der Waals surface area contributed by atoms with Crippen LogP contribution in [0.5, 0.6) is 0 Å². The van der Waals surface area contributed by atoms with Crippen molar-refractivity contribution >= 4 is 23.0 Å². The minimum absolute atomic E-state index is 0.0631. The maximum Gasteiger partial charge on any atom is 0.236 e. The van der Waals surface area contributed by atoms with Crippen molar-refractivity contribution in [2.45, 2.75) is 6.92 Å². The highest BCUT2D eigenvalue weighted by Gasteiger charge is 2.06. The molecule has 0 heterocycles. The molecule has 1 aromatic rings. The molecule has 0 saturated heterocycles. The van der Waals surface area contributed by atoms with E-state index in [2.05, 4.69) is 21.8 Å². The van der Waals surface area contributed by atoms with Crippen molar-refractivity contribution in [2.75, 3.05) is 27.2 Å². The summed E-state index contributed by atoms with van der Waals surface area (Å²) in [5.74, 6) is -0.420. The van der Waals surface area contributed by atoms with E-state index in [1.807, 2.05) is 45.3 Å². The lowest BCUT2D eigenvalue weighted by Crippen LogP contribution is -2.27. The fraction of sp³-hybridized carbons (Fsp3) is 0.333. The predicted molar refractivity (Wildman–Crippen MR) is 84.0 cm³/mol. The number of carbonyl (C=O) groups excluding carboxylic acids is 1. The second kappa shape index (κ2) is 7.45. The first kappa shape index (κ1) is 15.9. The molecule has 0 aromatic heterocycles. The molecule has 0 radical (unpaired) electrons. The Morgan fingerprint density at radius 2 is 2.05 bits per heavy atom. The van der Waals surface area contributed by atoms with Crippen LogP contribution < -0.4 is 11.1 Å². The van der Waals surface area contributed by atoms with Gasteiger partial charge in [0.1, 0.15) is 0 Å². The molecule has 5 heteroatoms. The second-order valence-electron chi connectivity index (χ2n) is 4.90. The molecule has 5 nitrogen and oxygen atoms in total. The van der Waals surface area contributed by atoms with Crippen molar-refractivity contribution in [3.63, 3.8) is 0 Å². The van der Waals surface area contributed by atoms with E-state index >= 15 is 0 Å². The summed E-state index contributed by atoms with van der Waals surface area (Å²) in [7, 11) is 4.00. The maximum atomic E-state index is 10.8. The number of nitrogens with one attached hydrogen (secondary N) is 1. The molecule has 0 saturated carbocycles. The fourth-order valence-electron chi connectivity index (χ4n) is 1.81. The van der Waals surface area contributed by atoms with Crippen LogP contribution in [0.1, 0.15) is 12.5 Å². The van der Waals surface area contributed by atoms with Crippen LogP contribution in [0.4, 0.5) is 5.69 Å². The van der Waals surface area contributed by atoms with Gasteiger partial charge in [0.15, 0.2) is 0 Å². The minimum atomic E-state index is -0.420. The predicted octanol–water partition coefficient (Wildman–Crippen LogP) is 1.39. The Morgan fingerprint density at radius 1 is 1.40 bits per heavy atom. The number of amides is 1. The van der Waals surface area contributed by atoms with Crippen LogP contribution in [0.25, 0.3) is 5.70 Å². The van der Waals surface area contributed by atoms with E-state index < -0.39 is 5.91 Å². The van der Waals surface area contributed by atoms with Crippen LogP contribution in [-0.4, -0.2) is 43.7 Å². The molecule has 0 bridgehead atoms. The van der Waals surface area contributed by atoms with Gasteiger partial charge in [-0.1, -0.05) is 24.8 Å². The average Bonchev–Trinajstić information content (AvgIpc) is 2.35. The molecule has 1 amide bonds. The molecule has 0 aliphatic rings. The van der Waals surface area contributed by atoms with Crippen molar-refractivity contribution in [3.8, 4) is 0 Å². The molecule has 0 atom stereocenters. The van der Waals surface area contributed by atoms with Crippen LogP contribution in [0.3, 0.4) is 0 Å². The van der Waals surface area contributed by atoms with Crippen molar-refractivity contribution < 1.29 is 4.79 Å². The third kappa shape index (κ3) is 5.24. The molecular weight excluding hydrogens is 252 g/mol. The van der Waals surface area contributed by atoms with Gasteiger partial charge in [-0.3, -0.25) is 9.79 Å². The number of nitrogens with two attached hydrogens (primary N) is 1. The summed E-state index contributed by atoms with van der Waals surface area (Å²) >= 11 is 0. The highest BCUT2D eigenvalue weighted by Crippen LogP contribution is 2.24. The molecular formula is C15H22N4O. The zero-order chi connectivity index (χ0) is 15.1. The summed E-state index contributed by atoms with van der Waals surface area (Å²) in [6.45, 7) is 6.76. The van der Waals surface area contributed by atoms with Crippen LogP contribution in [-0.2, 0) is 4.79 Å². The lowest BCUT2D eigenvalue weighted by atomic mass is 10.1. The van der Waals surface area contributed by atoms with E-state index in [1.165, 1.54) is 0 Å². The van der Waals surface area contributed by atoms with E-state index in [-0.39, 0.29) is 6.54 Å². The molecule has 3 N–H and O–H groups in total. The number of para-hydroxylation sites is 1. The molecule has 108 valence electrons. The lowest BCUT2D eigenvalue weighted by Gasteiger charge is -2.13. The fourth-order valence-corrected chi connectivity index (χ4v) is 1.81. The quantitative estimate of drug-likeness (QED) is 0.738. The van der Waals surface area contributed by atoms with E-state index in [0.717, 1.165) is 23.5 Å². The van der Waals surface area contributed by atoms with Crippen LogP contribution in [0.2, 0.25) is 0 Å². The van der Waals surface area contributed by atoms with Gasteiger partial charge < -0.3 is 16.0 Å². The zero-order valence-corrected chi connectivity index (χ0v) is 12.3. The standard InChI is InChI=1S/C15H22N4O/c1-11(10-19(3)4)18-14-8-6-5-7-13(14)12(2)17-9-15(16)20/h5-8,17H,2,9-10H2,1,3-4H3,(H2,16,20). The Bertz CT molecular complexity index is 520. The highest BCUT2D eigenvalue weighted by atomic mass is 16.1. The Balaban J connectivity index is 2.93. The van der Waals surface area contributed by atoms with Gasteiger partial charge in [-0.25, -0.2) is 0 Å². The Morgan fingerprint density at radius 3 is 2.65 bits per heavy atom. The van der Waals surface area contributed by atoms with E-state index in [9.17, 15) is 4.79 Å². The molecule has 0 aliphatic carbocycles. The molecule has 0 aliphatic heterocycles. The Hall–Kier alpha value is -2.14. The number of nitrogens with zero attached hydrogens (tertiary/aromatic N) is 2. The van der Waals surface area contributed by atoms with Crippen molar-refractivity contribution in [2.24, 2.45) is 10.7 Å². The van der Waals surface area contributed by atoms with Crippen molar-refractivity contribution in [3.05, 3.63) is 36.4 Å². The Kier molecular flexibility index (Phi) is 5.93. The normalized spacial score (nSPS) is 11.5. The van der Waals surface area contributed by atoms with Gasteiger partial charge in [0, 0.05) is 23.5 Å². The molecule has 0 spiro atoms. The number of benzene rings is 1. The molecule has 0 unspecified atom stereocenters. The lowest BCUT2D eigenvalue weighted by molar-refractivity contribution is -0.117. The number of primary amides is 1. The van der Waals surface area contributed by atoms with Gasteiger partial charge in [0.2, 0.25) is 5.91 Å². The molecule has 1 aromatic carbocycles. The minimum Gasteiger partial charge on any atom is -0.376 e. The van der Waals surface area contributed by atoms with Crippen LogP contribution >= 0.6 is 0 Å². The monoisotopic (exact) mass is 274 g/mol.